The van der Waals surface area contributed by atoms with E-state index in [-0.39, 0.29) is 8.56 Å². The van der Waals surface area contributed by atoms with Crippen LogP contribution in [-0.2, 0) is 0 Å². The van der Waals surface area contributed by atoms with E-state index in [0.717, 1.165) is 0 Å². The summed E-state index contributed by atoms with van der Waals surface area (Å²) in [5, 5.41) is 25.4. The van der Waals surface area contributed by atoms with E-state index >= 15 is 0 Å². The van der Waals surface area contributed by atoms with Crippen molar-refractivity contribution in [3.63, 3.8) is 0 Å². The Balaban J connectivity index is 3.44. The quantitative estimate of drug-likeness (QED) is 0.532. The van der Waals surface area contributed by atoms with Gasteiger partial charge in [-0.1, -0.05) is 47.8 Å². The van der Waals surface area contributed by atoms with Crippen molar-refractivity contribution in [2.75, 3.05) is 0 Å². The summed E-state index contributed by atoms with van der Waals surface area (Å²) in [7, 11) is 0. The second-order valence-electron chi connectivity index (χ2n) is 2.24. The lowest BCUT2D eigenvalue weighted by Gasteiger charge is -2.16. The Bertz CT molecular complexity index is 101. The van der Waals surface area contributed by atoms with Crippen LogP contribution in [0.2, 0.25) is 0 Å². The highest BCUT2D eigenvalue weighted by atomic mass is 80.0. The van der Waals surface area contributed by atoms with E-state index in [0.29, 0.717) is 12.8 Å². The highest BCUT2D eigenvalue weighted by Crippen LogP contribution is 2.38. The van der Waals surface area contributed by atoms with Crippen LogP contribution in [0.1, 0.15) is 19.3 Å². The summed E-state index contributed by atoms with van der Waals surface area (Å²) in [6.45, 7) is 0. The molecule has 0 rings (SSSR count). The first kappa shape index (κ1) is 12.3. The van der Waals surface area contributed by atoms with Gasteiger partial charge >= 0.3 is 0 Å². The second kappa shape index (κ2) is 4.53. The minimum absolute atomic E-state index is 0.0719. The maximum absolute atomic E-state index is 8.48. The molecular weight excluding hydrogens is 348 g/mol. The van der Waals surface area contributed by atoms with Gasteiger partial charge in [-0.15, -0.1) is 0 Å². The molecule has 0 aliphatic carbocycles. The predicted octanol–water partition coefficient (Wildman–Crippen LogP) is 1.63. The number of hydrogen-bond acceptors (Lipinski definition) is 3. The van der Waals surface area contributed by atoms with Crippen molar-refractivity contribution in [3.8, 4) is 0 Å². The van der Waals surface area contributed by atoms with Crippen LogP contribution < -0.4 is 0 Å². The molecule has 0 bridgehead atoms. The molecule has 0 spiro atoms. The van der Waals surface area contributed by atoms with Gasteiger partial charge in [0.1, 0.15) is 2.14 Å². The van der Waals surface area contributed by atoms with Crippen molar-refractivity contribution in [2.45, 2.75) is 27.4 Å². The molecule has 0 atom stereocenters. The third-order valence-corrected chi connectivity index (χ3v) is 2.16. The van der Waals surface area contributed by atoms with E-state index in [4.69, 9.17) is 15.3 Å². The van der Waals surface area contributed by atoms with Crippen LogP contribution in [0.3, 0.4) is 0 Å². The molecule has 68 valence electrons. The second-order valence-corrected chi connectivity index (χ2v) is 9.50. The molecule has 0 amide bonds. The van der Waals surface area contributed by atoms with E-state index in [1.165, 1.54) is 0 Å². The first-order valence-corrected chi connectivity index (χ1v) is 5.32. The van der Waals surface area contributed by atoms with Gasteiger partial charge in [0.25, 0.3) is 5.97 Å². The third-order valence-electron chi connectivity index (χ3n) is 0.972. The molecule has 0 saturated carbocycles. The van der Waals surface area contributed by atoms with Gasteiger partial charge in [-0.05, 0) is 12.8 Å². The molecule has 0 fully saturated rings. The van der Waals surface area contributed by atoms with Crippen LogP contribution in [0.4, 0.5) is 0 Å². The number of rotatable bonds is 3. The van der Waals surface area contributed by atoms with Gasteiger partial charge < -0.3 is 15.3 Å². The first-order chi connectivity index (χ1) is 4.71. The maximum atomic E-state index is 8.48. The zero-order valence-corrected chi connectivity index (χ0v) is 10.4. The van der Waals surface area contributed by atoms with Gasteiger partial charge in [-0.2, -0.15) is 0 Å². The SMILES string of the molecule is OC(O)(O)CCCC(Br)(Br)Br. The van der Waals surface area contributed by atoms with Gasteiger partial charge in [0.05, 0.1) is 0 Å². The smallest absolute Gasteiger partial charge is 0.275 e. The topological polar surface area (TPSA) is 60.7 Å². The Labute approximate surface area is 90.2 Å². The van der Waals surface area contributed by atoms with Gasteiger partial charge in [0.15, 0.2) is 0 Å². The van der Waals surface area contributed by atoms with Gasteiger partial charge in [0.2, 0.25) is 0 Å². The Morgan fingerprint density at radius 2 is 1.36 bits per heavy atom. The Morgan fingerprint density at radius 3 is 1.64 bits per heavy atom. The van der Waals surface area contributed by atoms with E-state index < -0.39 is 5.97 Å². The largest absolute Gasteiger partial charge is 0.344 e. The molecule has 0 saturated heterocycles. The summed E-state index contributed by atoms with van der Waals surface area (Å²) in [5.74, 6) is -2.54. The normalized spacial score (nSPS) is 13.6. The Morgan fingerprint density at radius 1 is 0.909 bits per heavy atom. The molecule has 0 aliphatic rings. The van der Waals surface area contributed by atoms with Gasteiger partial charge in [-0.25, -0.2) is 0 Å². The summed E-state index contributed by atoms with van der Waals surface area (Å²) in [5.41, 5.74) is 0. The zero-order chi connectivity index (χ0) is 9.12. The maximum Gasteiger partial charge on any atom is 0.275 e. The van der Waals surface area contributed by atoms with Crippen molar-refractivity contribution >= 4 is 47.8 Å². The lowest BCUT2D eigenvalue weighted by atomic mass is 10.2. The Kier molecular flexibility index (Phi) is 5.07. The standard InChI is InChI=1S/C5H9Br3O3/c6-4(7,8)2-1-3-5(9,10)11/h9-11H,1-3H2. The molecule has 0 aliphatic heterocycles. The molecule has 3 N–H and O–H groups in total. The fourth-order valence-corrected chi connectivity index (χ4v) is 1.37. The Hall–Kier alpha value is 1.32. The van der Waals surface area contributed by atoms with E-state index in [2.05, 4.69) is 47.8 Å². The molecule has 0 heterocycles. The van der Waals surface area contributed by atoms with Crippen LogP contribution >= 0.6 is 47.8 Å². The third kappa shape index (κ3) is 11.3. The highest BCUT2D eigenvalue weighted by molar-refractivity contribution is 9.39. The van der Waals surface area contributed by atoms with E-state index in [1.807, 2.05) is 0 Å². The predicted molar refractivity (Wildman–Crippen MR) is 52.8 cm³/mol. The molecule has 0 aromatic rings. The van der Waals surface area contributed by atoms with Crippen LogP contribution in [-0.4, -0.2) is 23.4 Å². The fraction of sp³-hybridized carbons (Fsp3) is 1.00. The number of aliphatic hydroxyl groups is 3. The summed E-state index contributed by atoms with van der Waals surface area (Å²) >= 11 is 9.70. The monoisotopic (exact) mass is 354 g/mol. The lowest BCUT2D eigenvalue weighted by molar-refractivity contribution is -0.314. The molecular formula is C5H9Br3O3. The minimum atomic E-state index is -2.54. The highest BCUT2D eigenvalue weighted by Gasteiger charge is 2.22. The van der Waals surface area contributed by atoms with Crippen LogP contribution in [0, 0.1) is 0 Å². The van der Waals surface area contributed by atoms with E-state index in [1.54, 1.807) is 0 Å². The molecule has 11 heavy (non-hydrogen) atoms. The van der Waals surface area contributed by atoms with Crippen LogP contribution in [0.25, 0.3) is 0 Å². The van der Waals surface area contributed by atoms with Crippen molar-refractivity contribution in [1.82, 2.24) is 0 Å². The van der Waals surface area contributed by atoms with Crippen molar-refractivity contribution < 1.29 is 15.3 Å². The lowest BCUT2D eigenvalue weighted by Crippen LogP contribution is -2.27. The molecule has 3 nitrogen and oxygen atoms in total. The van der Waals surface area contributed by atoms with Crippen molar-refractivity contribution in [3.05, 3.63) is 0 Å². The van der Waals surface area contributed by atoms with E-state index in [9.17, 15) is 0 Å². The average molecular weight is 357 g/mol. The van der Waals surface area contributed by atoms with Crippen molar-refractivity contribution in [1.29, 1.82) is 0 Å². The minimum Gasteiger partial charge on any atom is -0.344 e. The van der Waals surface area contributed by atoms with Crippen molar-refractivity contribution in [2.24, 2.45) is 0 Å². The summed E-state index contributed by atoms with van der Waals surface area (Å²) in [6, 6.07) is 0. The molecule has 0 unspecified atom stereocenters. The number of hydrogen-bond donors (Lipinski definition) is 3. The van der Waals surface area contributed by atoms with Crippen LogP contribution in [0.5, 0.6) is 0 Å². The molecule has 0 aromatic heterocycles. The molecule has 0 radical (unpaired) electrons. The first-order valence-electron chi connectivity index (χ1n) is 2.94. The van der Waals surface area contributed by atoms with Gasteiger partial charge in [-0.3, -0.25) is 0 Å². The fourth-order valence-electron chi connectivity index (χ4n) is 0.526. The number of halogens is 3. The summed E-state index contributed by atoms with van der Waals surface area (Å²) < 4.78 is -0.377. The van der Waals surface area contributed by atoms with Crippen LogP contribution in [0.15, 0.2) is 0 Å². The van der Waals surface area contributed by atoms with Gasteiger partial charge in [0, 0.05) is 6.42 Å². The average Bonchev–Trinajstić information content (AvgIpc) is 1.55. The summed E-state index contributed by atoms with van der Waals surface area (Å²) in [6.07, 6.45) is 1.03. The molecule has 0 aromatic carbocycles. The summed E-state index contributed by atoms with van der Waals surface area (Å²) in [4.78, 5) is 0. The number of alkyl halides is 3. The molecule has 6 heteroatoms. The zero-order valence-electron chi connectivity index (χ0n) is 5.60.